The summed E-state index contributed by atoms with van der Waals surface area (Å²) in [4.78, 5) is 12.9. The molecule has 0 saturated heterocycles. The van der Waals surface area contributed by atoms with E-state index in [9.17, 15) is 13.2 Å². The molecular weight excluding hydrogens is 371 g/mol. The zero-order valence-corrected chi connectivity index (χ0v) is 14.7. The van der Waals surface area contributed by atoms with Crippen molar-refractivity contribution in [2.45, 2.75) is 13.0 Å². The first-order chi connectivity index (χ1) is 13.6. The zero-order valence-electron chi connectivity index (χ0n) is 14.7. The molecule has 9 heteroatoms. The Morgan fingerprint density at radius 3 is 2.79 bits per heavy atom. The zero-order chi connectivity index (χ0) is 19.7. The Balaban J connectivity index is 1.75. The summed E-state index contributed by atoms with van der Waals surface area (Å²) in [6.45, 7) is 0.338. The highest BCUT2D eigenvalue weighted by Crippen LogP contribution is 2.28. The lowest BCUT2D eigenvalue weighted by Crippen LogP contribution is -2.05. The van der Waals surface area contributed by atoms with Crippen molar-refractivity contribution in [1.82, 2.24) is 24.7 Å². The minimum atomic E-state index is -2.92. The van der Waals surface area contributed by atoms with Crippen LogP contribution in [0.5, 0.6) is 5.88 Å². The SMILES string of the molecule is COc1ncccc1Cn1ncc2ncc(-c3ccc(F)c(C(F)F)c3)nc21. The highest BCUT2D eigenvalue weighted by Gasteiger charge is 2.16. The molecule has 28 heavy (non-hydrogen) atoms. The fourth-order valence-corrected chi connectivity index (χ4v) is 2.86. The number of halogens is 3. The number of pyridine rings is 1. The topological polar surface area (TPSA) is 65.7 Å². The number of fused-ring (bicyclic) bond motifs is 1. The van der Waals surface area contributed by atoms with Gasteiger partial charge in [0.05, 0.1) is 37.3 Å². The lowest BCUT2D eigenvalue weighted by molar-refractivity contribution is 0.146. The van der Waals surface area contributed by atoms with Crippen LogP contribution >= 0.6 is 0 Å². The van der Waals surface area contributed by atoms with Crippen LogP contribution in [0.15, 0.2) is 48.9 Å². The summed E-state index contributed by atoms with van der Waals surface area (Å²) in [5, 5.41) is 4.29. The number of aromatic nitrogens is 5. The number of hydrogen-bond acceptors (Lipinski definition) is 5. The molecule has 6 nitrogen and oxygen atoms in total. The Hall–Kier alpha value is -3.49. The number of nitrogens with zero attached hydrogens (tertiary/aromatic N) is 5. The number of alkyl halides is 2. The molecule has 0 bridgehead atoms. The Kier molecular flexibility index (Phi) is 4.64. The van der Waals surface area contributed by atoms with E-state index in [1.165, 1.54) is 19.4 Å². The average Bonchev–Trinajstić information content (AvgIpc) is 3.10. The van der Waals surface area contributed by atoms with E-state index in [4.69, 9.17) is 4.74 Å². The van der Waals surface area contributed by atoms with Gasteiger partial charge in [-0.2, -0.15) is 5.10 Å². The number of hydrogen-bond donors (Lipinski definition) is 0. The Morgan fingerprint density at radius 2 is 2.00 bits per heavy atom. The van der Waals surface area contributed by atoms with Crippen molar-refractivity contribution < 1.29 is 17.9 Å². The van der Waals surface area contributed by atoms with Gasteiger partial charge < -0.3 is 4.74 Å². The number of rotatable bonds is 5. The summed E-state index contributed by atoms with van der Waals surface area (Å²) in [5.41, 5.74) is 1.82. The molecule has 0 amide bonds. The number of methoxy groups -OCH3 is 1. The van der Waals surface area contributed by atoms with Gasteiger partial charge in [-0.05, 0) is 24.3 Å². The van der Waals surface area contributed by atoms with Gasteiger partial charge in [-0.25, -0.2) is 32.8 Å². The molecular formula is C19H14F3N5O. The van der Waals surface area contributed by atoms with Gasteiger partial charge in [0.25, 0.3) is 6.43 Å². The summed E-state index contributed by atoms with van der Waals surface area (Å²) in [7, 11) is 1.53. The Bertz CT molecular complexity index is 1150. The quantitative estimate of drug-likeness (QED) is 0.519. The third-order valence-electron chi connectivity index (χ3n) is 4.24. The third-order valence-corrected chi connectivity index (χ3v) is 4.24. The molecule has 0 unspecified atom stereocenters. The van der Waals surface area contributed by atoms with Crippen LogP contribution in [0.25, 0.3) is 22.4 Å². The molecule has 0 N–H and O–H groups in total. The maximum absolute atomic E-state index is 13.6. The van der Waals surface area contributed by atoms with Gasteiger partial charge >= 0.3 is 0 Å². The standard InChI is InChI=1S/C19H14F3N5O/c1-28-19-12(3-2-6-23-19)10-27-18-16(9-25-27)24-8-15(26-18)11-4-5-14(20)13(7-11)17(21)22/h2-9,17H,10H2,1H3. The van der Waals surface area contributed by atoms with Crippen LogP contribution in [0.3, 0.4) is 0 Å². The highest BCUT2D eigenvalue weighted by atomic mass is 19.3. The number of ether oxygens (including phenoxy) is 1. The summed E-state index contributed by atoms with van der Waals surface area (Å²) in [5.74, 6) is -0.489. The van der Waals surface area contributed by atoms with Gasteiger partial charge in [-0.3, -0.25) is 0 Å². The first-order valence-electron chi connectivity index (χ1n) is 8.31. The predicted octanol–water partition coefficient (Wildman–Crippen LogP) is 4.02. The molecule has 0 saturated carbocycles. The first-order valence-corrected chi connectivity index (χ1v) is 8.31. The molecule has 0 fully saturated rings. The van der Waals surface area contributed by atoms with E-state index in [1.54, 1.807) is 23.1 Å². The van der Waals surface area contributed by atoms with Gasteiger partial charge in [-0.1, -0.05) is 6.07 Å². The van der Waals surface area contributed by atoms with Gasteiger partial charge in [0, 0.05) is 17.3 Å². The second-order valence-electron chi connectivity index (χ2n) is 5.98. The maximum atomic E-state index is 13.6. The molecule has 1 aromatic carbocycles. The molecule has 0 aliphatic carbocycles. The van der Waals surface area contributed by atoms with Crippen molar-refractivity contribution in [3.05, 3.63) is 65.9 Å². The van der Waals surface area contributed by atoms with Crippen LogP contribution in [0, 0.1) is 5.82 Å². The summed E-state index contributed by atoms with van der Waals surface area (Å²) in [6.07, 6.45) is 1.71. The van der Waals surface area contributed by atoms with Crippen molar-refractivity contribution in [3.63, 3.8) is 0 Å². The minimum Gasteiger partial charge on any atom is -0.481 e. The van der Waals surface area contributed by atoms with Crippen LogP contribution in [-0.2, 0) is 6.54 Å². The van der Waals surface area contributed by atoms with Crippen molar-refractivity contribution >= 4 is 11.2 Å². The van der Waals surface area contributed by atoms with Gasteiger partial charge in [0.1, 0.15) is 11.3 Å². The van der Waals surface area contributed by atoms with Crippen LogP contribution < -0.4 is 4.74 Å². The fourth-order valence-electron chi connectivity index (χ4n) is 2.86. The summed E-state index contributed by atoms with van der Waals surface area (Å²) >= 11 is 0. The average molecular weight is 385 g/mol. The van der Waals surface area contributed by atoms with Gasteiger partial charge in [-0.15, -0.1) is 0 Å². The molecule has 0 spiro atoms. The van der Waals surface area contributed by atoms with E-state index in [-0.39, 0.29) is 0 Å². The van der Waals surface area contributed by atoms with Crippen LogP contribution in [0.1, 0.15) is 17.6 Å². The van der Waals surface area contributed by atoms with Crippen LogP contribution in [-0.4, -0.2) is 31.8 Å². The van der Waals surface area contributed by atoms with E-state index >= 15 is 0 Å². The molecule has 0 atom stereocenters. The molecule has 0 radical (unpaired) electrons. The number of benzene rings is 1. The molecule has 0 aliphatic rings. The monoisotopic (exact) mass is 385 g/mol. The molecule has 142 valence electrons. The van der Waals surface area contributed by atoms with Gasteiger partial charge in [0.15, 0.2) is 5.65 Å². The summed E-state index contributed by atoms with van der Waals surface area (Å²) < 4.78 is 46.4. The molecule has 0 aliphatic heterocycles. The van der Waals surface area contributed by atoms with Crippen molar-refractivity contribution in [3.8, 4) is 17.1 Å². The van der Waals surface area contributed by atoms with Crippen molar-refractivity contribution in [2.75, 3.05) is 7.11 Å². The third kappa shape index (κ3) is 3.26. The molecule has 3 heterocycles. The van der Waals surface area contributed by atoms with E-state index < -0.39 is 17.8 Å². The predicted molar refractivity (Wildman–Crippen MR) is 95.6 cm³/mol. The second-order valence-corrected chi connectivity index (χ2v) is 5.98. The van der Waals surface area contributed by atoms with Crippen molar-refractivity contribution in [1.29, 1.82) is 0 Å². The van der Waals surface area contributed by atoms with Crippen molar-refractivity contribution in [2.24, 2.45) is 0 Å². The highest BCUT2D eigenvalue weighted by molar-refractivity contribution is 5.73. The largest absolute Gasteiger partial charge is 0.481 e. The normalized spacial score (nSPS) is 11.3. The van der Waals surface area contributed by atoms with E-state index in [0.29, 0.717) is 34.8 Å². The Morgan fingerprint density at radius 1 is 1.14 bits per heavy atom. The van der Waals surface area contributed by atoms with E-state index in [1.807, 2.05) is 6.07 Å². The molecule has 4 aromatic rings. The fraction of sp³-hybridized carbons (Fsp3) is 0.158. The minimum absolute atomic E-state index is 0.338. The smallest absolute Gasteiger partial charge is 0.266 e. The molecule has 4 rings (SSSR count). The lowest BCUT2D eigenvalue weighted by atomic mass is 10.1. The lowest BCUT2D eigenvalue weighted by Gasteiger charge is -2.08. The maximum Gasteiger partial charge on any atom is 0.266 e. The van der Waals surface area contributed by atoms with E-state index in [0.717, 1.165) is 17.7 Å². The van der Waals surface area contributed by atoms with Gasteiger partial charge in [0.2, 0.25) is 5.88 Å². The van der Waals surface area contributed by atoms with E-state index in [2.05, 4.69) is 20.1 Å². The summed E-state index contributed by atoms with van der Waals surface area (Å²) in [6, 6.07) is 7.11. The Labute approximate surface area is 157 Å². The molecule has 3 aromatic heterocycles. The first kappa shape index (κ1) is 17.9. The van der Waals surface area contributed by atoms with Crippen LogP contribution in [0.4, 0.5) is 13.2 Å². The van der Waals surface area contributed by atoms with Crippen LogP contribution in [0.2, 0.25) is 0 Å². The second kappa shape index (κ2) is 7.26.